The lowest BCUT2D eigenvalue weighted by Gasteiger charge is -2.07. The smallest absolute Gasteiger partial charge is 0.327 e. The van der Waals surface area contributed by atoms with E-state index >= 15 is 0 Å². The number of hydrogen-bond donors (Lipinski definition) is 1. The van der Waals surface area contributed by atoms with Crippen molar-refractivity contribution in [2.75, 3.05) is 0 Å². The zero-order valence-corrected chi connectivity index (χ0v) is 10.7. The second-order valence-corrected chi connectivity index (χ2v) is 4.59. The quantitative estimate of drug-likeness (QED) is 0.845. The normalized spacial score (nSPS) is 15.9. The van der Waals surface area contributed by atoms with E-state index in [4.69, 9.17) is 0 Å². The number of imidazole rings is 1. The molecule has 7 nitrogen and oxygen atoms in total. The number of hydrogen-bond acceptors (Lipinski definition) is 5. The highest BCUT2D eigenvalue weighted by molar-refractivity contribution is 5.48. The molecule has 1 aliphatic heterocycles. The monoisotopic (exact) mass is 288 g/mol. The Morgan fingerprint density at radius 3 is 2.35 bits per heavy atom. The van der Waals surface area contributed by atoms with Crippen LogP contribution in [0, 0.1) is 0 Å². The summed E-state index contributed by atoms with van der Waals surface area (Å²) in [5.41, 5.74) is 1.38. The molecule has 20 heavy (non-hydrogen) atoms. The van der Waals surface area contributed by atoms with Crippen molar-refractivity contribution in [1.82, 2.24) is 29.4 Å². The second kappa shape index (κ2) is 4.03. The predicted molar refractivity (Wildman–Crippen MR) is 59.2 cm³/mol. The lowest BCUT2D eigenvalue weighted by atomic mass is 10.4. The first-order valence-electron chi connectivity index (χ1n) is 5.74. The van der Waals surface area contributed by atoms with Crippen molar-refractivity contribution in [2.24, 2.45) is 14.1 Å². The molecule has 0 unspecified atom stereocenters. The van der Waals surface area contributed by atoms with Crippen LogP contribution in [0.3, 0.4) is 0 Å². The minimum absolute atomic E-state index is 0.0405. The van der Waals surface area contributed by atoms with Crippen LogP contribution in [-0.2, 0) is 33.4 Å². The molecule has 0 fully saturated rings. The molecule has 3 rings (SSSR count). The maximum atomic E-state index is 12.6. The summed E-state index contributed by atoms with van der Waals surface area (Å²) >= 11 is 0. The van der Waals surface area contributed by atoms with Crippen LogP contribution in [0.15, 0.2) is 0 Å². The van der Waals surface area contributed by atoms with Crippen LogP contribution >= 0.6 is 0 Å². The van der Waals surface area contributed by atoms with Crippen LogP contribution in [0.1, 0.15) is 17.2 Å². The third-order valence-corrected chi connectivity index (χ3v) is 3.18. The van der Waals surface area contributed by atoms with Gasteiger partial charge in [0, 0.05) is 14.1 Å². The molecule has 0 radical (unpaired) electrons. The van der Waals surface area contributed by atoms with Gasteiger partial charge in [-0.25, -0.2) is 9.67 Å². The van der Waals surface area contributed by atoms with Crippen LogP contribution < -0.4 is 0 Å². The van der Waals surface area contributed by atoms with Crippen molar-refractivity contribution >= 4 is 0 Å². The Bertz CT molecular complexity index is 673. The molecule has 0 saturated heterocycles. The van der Waals surface area contributed by atoms with Gasteiger partial charge in [-0.15, -0.1) is 5.10 Å². The van der Waals surface area contributed by atoms with Crippen molar-refractivity contribution in [3.63, 3.8) is 0 Å². The topological polar surface area (TPSA) is 72.0 Å². The maximum absolute atomic E-state index is 12.6. The average molecular weight is 288 g/mol. The summed E-state index contributed by atoms with van der Waals surface area (Å²) in [6, 6.07) is 0. The lowest BCUT2D eigenvalue weighted by molar-refractivity contribution is -0.144. The highest BCUT2D eigenvalue weighted by Gasteiger charge is 2.37. The first kappa shape index (κ1) is 13.1. The van der Waals surface area contributed by atoms with E-state index in [1.54, 1.807) is 11.6 Å². The molecule has 1 aliphatic rings. The summed E-state index contributed by atoms with van der Waals surface area (Å²) < 4.78 is 40.5. The maximum Gasteiger partial charge on any atom is 0.453 e. The van der Waals surface area contributed by atoms with Crippen molar-refractivity contribution in [1.29, 1.82) is 0 Å². The number of aryl methyl sites for hydroxylation is 1. The standard InChI is InChI=1S/C10H11F3N6O/c1-17-6-4-19(20)3-5(6)14-7(17)8-15-9(10(11,12)13)16-18(8)2/h20H,3-4H2,1-2H3. The summed E-state index contributed by atoms with van der Waals surface area (Å²) in [6.45, 7) is 0.524. The van der Waals surface area contributed by atoms with E-state index in [-0.39, 0.29) is 18.9 Å². The number of halogens is 3. The fourth-order valence-electron chi connectivity index (χ4n) is 2.21. The SMILES string of the molecule is Cn1nc(C(F)(F)F)nc1-c1nc2c(n1C)CN(O)C2. The average Bonchev–Trinajstić information content (AvgIpc) is 2.94. The van der Waals surface area contributed by atoms with Crippen LogP contribution in [0.2, 0.25) is 0 Å². The molecule has 1 N–H and O–H groups in total. The van der Waals surface area contributed by atoms with Gasteiger partial charge in [0.05, 0.1) is 24.5 Å². The molecule has 0 atom stereocenters. The van der Waals surface area contributed by atoms with Gasteiger partial charge in [0.2, 0.25) is 0 Å². The van der Waals surface area contributed by atoms with Gasteiger partial charge >= 0.3 is 6.18 Å². The summed E-state index contributed by atoms with van der Waals surface area (Å²) in [6.07, 6.45) is -4.59. The van der Waals surface area contributed by atoms with Crippen molar-refractivity contribution in [3.8, 4) is 11.6 Å². The van der Waals surface area contributed by atoms with Gasteiger partial charge in [-0.2, -0.15) is 23.2 Å². The number of nitrogens with zero attached hydrogens (tertiary/aromatic N) is 6. The Hall–Kier alpha value is -1.94. The van der Waals surface area contributed by atoms with Gasteiger partial charge in [0.25, 0.3) is 5.82 Å². The minimum atomic E-state index is -4.59. The van der Waals surface area contributed by atoms with Gasteiger partial charge in [-0.1, -0.05) is 0 Å². The first-order valence-corrected chi connectivity index (χ1v) is 5.74. The summed E-state index contributed by atoms with van der Waals surface area (Å²) in [5.74, 6) is -0.853. The van der Waals surface area contributed by atoms with Crippen molar-refractivity contribution in [2.45, 2.75) is 19.3 Å². The number of hydroxylamine groups is 2. The Morgan fingerprint density at radius 2 is 1.80 bits per heavy atom. The van der Waals surface area contributed by atoms with Crippen LogP contribution in [0.5, 0.6) is 0 Å². The van der Waals surface area contributed by atoms with E-state index in [2.05, 4.69) is 15.1 Å². The zero-order valence-electron chi connectivity index (χ0n) is 10.7. The fourth-order valence-corrected chi connectivity index (χ4v) is 2.21. The van der Waals surface area contributed by atoms with E-state index in [1.807, 2.05) is 0 Å². The van der Waals surface area contributed by atoms with E-state index in [0.717, 1.165) is 15.4 Å². The summed E-state index contributed by atoms with van der Waals surface area (Å²) in [7, 11) is 3.05. The van der Waals surface area contributed by atoms with Crippen molar-refractivity contribution < 1.29 is 18.4 Å². The molecule has 0 bridgehead atoms. The molecule has 2 aromatic rings. The second-order valence-electron chi connectivity index (χ2n) is 4.59. The molecule has 0 aliphatic carbocycles. The molecule has 108 valence electrons. The number of fused-ring (bicyclic) bond motifs is 1. The third kappa shape index (κ3) is 1.88. The molecule has 0 spiro atoms. The number of alkyl halides is 3. The van der Waals surface area contributed by atoms with E-state index in [9.17, 15) is 18.4 Å². The first-order chi connectivity index (χ1) is 9.27. The third-order valence-electron chi connectivity index (χ3n) is 3.18. The molecular formula is C10H11F3N6O. The highest BCUT2D eigenvalue weighted by Crippen LogP contribution is 2.30. The van der Waals surface area contributed by atoms with Gasteiger partial charge in [0.1, 0.15) is 0 Å². The Morgan fingerprint density at radius 1 is 1.10 bits per heavy atom. The zero-order chi connectivity index (χ0) is 14.7. The van der Waals surface area contributed by atoms with Crippen LogP contribution in [0.4, 0.5) is 13.2 Å². The van der Waals surface area contributed by atoms with Gasteiger partial charge < -0.3 is 9.77 Å². The molecule has 2 aromatic heterocycles. The van der Waals surface area contributed by atoms with E-state index in [1.165, 1.54) is 7.05 Å². The Labute approximate surface area is 111 Å². The lowest BCUT2D eigenvalue weighted by Crippen LogP contribution is -2.12. The van der Waals surface area contributed by atoms with Gasteiger partial charge in [0.15, 0.2) is 11.6 Å². The van der Waals surface area contributed by atoms with Crippen molar-refractivity contribution in [3.05, 3.63) is 17.2 Å². The highest BCUT2D eigenvalue weighted by atomic mass is 19.4. The van der Waals surface area contributed by atoms with Crippen LogP contribution in [-0.4, -0.2) is 34.6 Å². The number of aromatic nitrogens is 5. The Balaban J connectivity index is 2.07. The van der Waals surface area contributed by atoms with Crippen LogP contribution in [0.25, 0.3) is 11.6 Å². The minimum Gasteiger partial charge on any atom is -0.327 e. The molecule has 0 aromatic carbocycles. The van der Waals surface area contributed by atoms with E-state index < -0.39 is 12.0 Å². The number of rotatable bonds is 1. The largest absolute Gasteiger partial charge is 0.453 e. The molecule has 3 heterocycles. The van der Waals surface area contributed by atoms with Gasteiger partial charge in [-0.3, -0.25) is 0 Å². The molecule has 10 heteroatoms. The summed E-state index contributed by atoms with van der Waals surface area (Å²) in [5, 5.41) is 13.8. The molecule has 0 amide bonds. The molecular weight excluding hydrogens is 277 g/mol. The predicted octanol–water partition coefficient (Wildman–Crippen LogP) is 0.939. The van der Waals surface area contributed by atoms with Gasteiger partial charge in [-0.05, 0) is 0 Å². The molecule has 0 saturated carbocycles. The van der Waals surface area contributed by atoms with E-state index in [0.29, 0.717) is 11.5 Å². The Kier molecular flexibility index (Phi) is 2.63. The fraction of sp³-hybridized carbons (Fsp3) is 0.500. The summed E-state index contributed by atoms with van der Waals surface area (Å²) in [4.78, 5) is 7.75.